The van der Waals surface area contributed by atoms with Crippen molar-refractivity contribution in [1.82, 2.24) is 4.31 Å². The molecule has 0 aromatic heterocycles. The summed E-state index contributed by atoms with van der Waals surface area (Å²) < 4.78 is 28.9. The van der Waals surface area contributed by atoms with Crippen molar-refractivity contribution in [2.75, 3.05) is 17.8 Å². The topological polar surface area (TPSA) is 86.7 Å². The van der Waals surface area contributed by atoms with Gasteiger partial charge in [0.05, 0.1) is 16.6 Å². The molecule has 2 N–H and O–H groups in total. The fourth-order valence-electron chi connectivity index (χ4n) is 2.12. The summed E-state index contributed by atoms with van der Waals surface area (Å²) >= 11 is 9.21. The number of halogens is 2. The Hall–Kier alpha value is -0.830. The average molecular weight is 398 g/mol. The third-order valence-electron chi connectivity index (χ3n) is 3.31. The van der Waals surface area contributed by atoms with Crippen LogP contribution in [0.3, 0.4) is 0 Å². The second-order valence-corrected chi connectivity index (χ2v) is 7.74. The lowest BCUT2D eigenvalue weighted by Gasteiger charge is -2.29. The highest BCUT2D eigenvalue weighted by Crippen LogP contribution is 2.28. The predicted octanol–water partition coefficient (Wildman–Crippen LogP) is 2.56. The number of hydrogen-bond acceptors (Lipinski definition) is 3. The molecule has 0 spiro atoms. The Morgan fingerprint density at radius 1 is 1.38 bits per heavy atom. The number of carboxylic acids is 1. The van der Waals surface area contributed by atoms with Crippen molar-refractivity contribution >= 4 is 49.4 Å². The molecule has 1 heterocycles. The molecule has 1 saturated heterocycles. The average Bonchev–Trinajstić information content (AvgIpc) is 2.43. The second-order valence-electron chi connectivity index (χ2n) is 4.74. The normalized spacial score (nSPS) is 17.6. The summed E-state index contributed by atoms with van der Waals surface area (Å²) in [6.45, 7) is 0.357. The first-order chi connectivity index (χ1) is 9.79. The SMILES string of the molecule is O=C(O)C1CCN(S(=O)(=O)Nc2cc(Br)ccc2Cl)CC1. The minimum atomic E-state index is -3.74. The van der Waals surface area contributed by atoms with E-state index >= 15 is 0 Å². The summed E-state index contributed by atoms with van der Waals surface area (Å²) in [5, 5.41) is 9.22. The standard InChI is InChI=1S/C12H14BrClN2O4S/c13-9-1-2-10(14)11(7-9)15-21(19,20)16-5-3-8(4-6-16)12(17)18/h1-2,7-8,15H,3-6H2,(H,17,18). The third kappa shape index (κ3) is 4.09. The molecule has 0 atom stereocenters. The van der Waals surface area contributed by atoms with E-state index in [2.05, 4.69) is 20.7 Å². The lowest BCUT2D eigenvalue weighted by Crippen LogP contribution is -2.42. The maximum atomic E-state index is 12.3. The van der Waals surface area contributed by atoms with Crippen LogP contribution >= 0.6 is 27.5 Å². The maximum absolute atomic E-state index is 12.3. The van der Waals surface area contributed by atoms with Gasteiger partial charge in [-0.2, -0.15) is 12.7 Å². The molecule has 6 nitrogen and oxygen atoms in total. The largest absolute Gasteiger partial charge is 0.481 e. The highest BCUT2D eigenvalue weighted by atomic mass is 79.9. The molecule has 0 bridgehead atoms. The van der Waals surface area contributed by atoms with Gasteiger partial charge in [-0.05, 0) is 31.0 Å². The van der Waals surface area contributed by atoms with Crippen molar-refractivity contribution in [3.05, 3.63) is 27.7 Å². The minimum Gasteiger partial charge on any atom is -0.481 e. The van der Waals surface area contributed by atoms with E-state index < -0.39 is 22.1 Å². The monoisotopic (exact) mass is 396 g/mol. The van der Waals surface area contributed by atoms with Gasteiger partial charge < -0.3 is 5.11 Å². The molecule has 1 fully saturated rings. The van der Waals surface area contributed by atoms with Crippen molar-refractivity contribution in [2.45, 2.75) is 12.8 Å². The van der Waals surface area contributed by atoms with E-state index in [-0.39, 0.29) is 18.8 Å². The molecule has 116 valence electrons. The number of nitrogens with one attached hydrogen (secondary N) is 1. The molecule has 0 radical (unpaired) electrons. The van der Waals surface area contributed by atoms with Gasteiger partial charge in [0, 0.05) is 17.6 Å². The van der Waals surface area contributed by atoms with Gasteiger partial charge in [-0.15, -0.1) is 0 Å². The highest BCUT2D eigenvalue weighted by molar-refractivity contribution is 9.10. The smallest absolute Gasteiger partial charge is 0.306 e. The predicted molar refractivity (Wildman–Crippen MR) is 83.6 cm³/mol. The van der Waals surface area contributed by atoms with E-state index in [9.17, 15) is 13.2 Å². The Bertz CT molecular complexity index is 645. The van der Waals surface area contributed by atoms with Crippen molar-refractivity contribution in [3.63, 3.8) is 0 Å². The van der Waals surface area contributed by atoms with Crippen LogP contribution in [0, 0.1) is 5.92 Å². The van der Waals surface area contributed by atoms with Gasteiger partial charge in [-0.25, -0.2) is 0 Å². The summed E-state index contributed by atoms with van der Waals surface area (Å²) in [6, 6.07) is 4.86. The number of hydrogen-bond donors (Lipinski definition) is 2. The quantitative estimate of drug-likeness (QED) is 0.817. The molecule has 2 rings (SSSR count). The van der Waals surface area contributed by atoms with Crippen LogP contribution in [0.15, 0.2) is 22.7 Å². The first-order valence-corrected chi connectivity index (χ1v) is 8.86. The lowest BCUT2D eigenvalue weighted by molar-refractivity contribution is -0.142. The Labute approximate surface area is 136 Å². The number of anilines is 1. The molecule has 1 aromatic carbocycles. The van der Waals surface area contributed by atoms with Crippen molar-refractivity contribution in [1.29, 1.82) is 0 Å². The van der Waals surface area contributed by atoms with E-state index in [0.29, 0.717) is 22.3 Å². The zero-order valence-electron chi connectivity index (χ0n) is 10.9. The van der Waals surface area contributed by atoms with Gasteiger partial charge in [-0.1, -0.05) is 27.5 Å². The van der Waals surface area contributed by atoms with Gasteiger partial charge in [0.25, 0.3) is 0 Å². The number of aliphatic carboxylic acids is 1. The zero-order valence-corrected chi connectivity index (χ0v) is 14.1. The molecule has 21 heavy (non-hydrogen) atoms. The number of benzene rings is 1. The maximum Gasteiger partial charge on any atom is 0.306 e. The number of rotatable bonds is 4. The molecule has 0 saturated carbocycles. The number of carboxylic acid groups (broad SMARTS) is 1. The Morgan fingerprint density at radius 3 is 2.57 bits per heavy atom. The van der Waals surface area contributed by atoms with Gasteiger partial charge in [0.2, 0.25) is 0 Å². The van der Waals surface area contributed by atoms with Crippen LogP contribution in [0.1, 0.15) is 12.8 Å². The highest BCUT2D eigenvalue weighted by Gasteiger charge is 2.31. The van der Waals surface area contributed by atoms with E-state index in [1.165, 1.54) is 4.31 Å². The summed E-state index contributed by atoms with van der Waals surface area (Å²) in [7, 11) is -3.74. The van der Waals surface area contributed by atoms with Crippen molar-refractivity contribution in [3.8, 4) is 0 Å². The van der Waals surface area contributed by atoms with Gasteiger partial charge in [0.1, 0.15) is 0 Å². The van der Waals surface area contributed by atoms with Crippen LogP contribution in [0.5, 0.6) is 0 Å². The Balaban J connectivity index is 2.09. The first-order valence-electron chi connectivity index (χ1n) is 6.25. The molecule has 1 aliphatic heterocycles. The third-order valence-corrected chi connectivity index (χ3v) is 5.66. The van der Waals surface area contributed by atoms with E-state index in [1.807, 2.05) is 0 Å². The summed E-state index contributed by atoms with van der Waals surface area (Å²) in [5.41, 5.74) is 0.284. The van der Waals surface area contributed by atoms with Crippen LogP contribution in [0.25, 0.3) is 0 Å². The molecule has 0 unspecified atom stereocenters. The molecular formula is C12H14BrClN2O4S. The Kier molecular flexibility index (Phi) is 5.13. The summed E-state index contributed by atoms with van der Waals surface area (Å²) in [6.07, 6.45) is 0.616. The van der Waals surface area contributed by atoms with Crippen molar-refractivity contribution in [2.24, 2.45) is 5.92 Å². The lowest BCUT2D eigenvalue weighted by atomic mass is 9.99. The molecule has 0 amide bonds. The zero-order chi connectivity index (χ0) is 15.6. The van der Waals surface area contributed by atoms with Crippen molar-refractivity contribution < 1.29 is 18.3 Å². The number of piperidine rings is 1. The molecule has 1 aromatic rings. The van der Waals surface area contributed by atoms with Crippen LogP contribution in [-0.2, 0) is 15.0 Å². The van der Waals surface area contributed by atoms with Gasteiger partial charge >= 0.3 is 16.2 Å². The molecule has 0 aliphatic carbocycles. The van der Waals surface area contributed by atoms with E-state index in [4.69, 9.17) is 16.7 Å². The number of nitrogens with zero attached hydrogens (tertiary/aromatic N) is 1. The summed E-state index contributed by atoms with van der Waals surface area (Å²) in [4.78, 5) is 10.9. The first kappa shape index (κ1) is 16.5. The van der Waals surface area contributed by atoms with Crippen LogP contribution < -0.4 is 4.72 Å². The van der Waals surface area contributed by atoms with Crippen LogP contribution in [0.4, 0.5) is 5.69 Å². The second kappa shape index (κ2) is 6.51. The number of carbonyl (C=O) groups is 1. The van der Waals surface area contributed by atoms with E-state index in [0.717, 1.165) is 0 Å². The van der Waals surface area contributed by atoms with Crippen LogP contribution in [-0.4, -0.2) is 36.9 Å². The minimum absolute atomic E-state index is 0.178. The van der Waals surface area contributed by atoms with Crippen LogP contribution in [0.2, 0.25) is 5.02 Å². The molecule has 1 aliphatic rings. The van der Waals surface area contributed by atoms with E-state index in [1.54, 1.807) is 18.2 Å². The molecular weight excluding hydrogens is 384 g/mol. The summed E-state index contributed by atoms with van der Waals surface area (Å²) in [5.74, 6) is -1.36. The molecule has 9 heteroatoms. The fourth-order valence-corrected chi connectivity index (χ4v) is 3.97. The fraction of sp³-hybridized carbons (Fsp3) is 0.417. The van der Waals surface area contributed by atoms with Gasteiger partial charge in [0.15, 0.2) is 0 Å². The van der Waals surface area contributed by atoms with Gasteiger partial charge in [-0.3, -0.25) is 9.52 Å². The Morgan fingerprint density at radius 2 is 2.00 bits per heavy atom.